The Labute approximate surface area is 248 Å². The topological polar surface area (TPSA) is 144 Å². The molecule has 1 amide bonds. The number of para-hydroxylation sites is 2. The summed E-state index contributed by atoms with van der Waals surface area (Å²) in [5.41, 5.74) is 1.71. The van der Waals surface area contributed by atoms with Gasteiger partial charge in [0.05, 0.1) is 40.1 Å². The van der Waals surface area contributed by atoms with Crippen molar-refractivity contribution in [2.75, 3.05) is 42.9 Å². The van der Waals surface area contributed by atoms with Crippen LogP contribution in [0.25, 0.3) is 11.0 Å². The lowest BCUT2D eigenvalue weighted by Crippen LogP contribution is -2.22. The number of aromatic nitrogens is 2. The summed E-state index contributed by atoms with van der Waals surface area (Å²) < 4.78 is 31.7. The van der Waals surface area contributed by atoms with E-state index in [1.54, 1.807) is 54.6 Å². The van der Waals surface area contributed by atoms with Crippen LogP contribution in [0.1, 0.15) is 23.2 Å². The number of hydrogen-bond acceptors (Lipinski definition) is 9. The third-order valence-corrected chi connectivity index (χ3v) is 7.67. The van der Waals surface area contributed by atoms with Crippen LogP contribution in [0.15, 0.2) is 77.0 Å². The molecule has 1 saturated heterocycles. The van der Waals surface area contributed by atoms with Crippen LogP contribution < -0.4 is 19.3 Å². The molecule has 1 fully saturated rings. The zero-order valence-corrected chi connectivity index (χ0v) is 24.3. The SMILES string of the molecule is COc1ccc(Cl)c(Nc2nc3ccccc3nc2N(c2cccc(C(=O)N=[N+]=NCCN3CCCC3)c2)[SH](=O)=O)c1. The maximum Gasteiger partial charge on any atom is 0.360 e. The zero-order chi connectivity index (χ0) is 29.5. The van der Waals surface area contributed by atoms with Crippen molar-refractivity contribution in [3.8, 4) is 5.75 Å². The van der Waals surface area contributed by atoms with E-state index >= 15 is 0 Å². The van der Waals surface area contributed by atoms with Gasteiger partial charge in [-0.05, 0) is 68.4 Å². The summed E-state index contributed by atoms with van der Waals surface area (Å²) in [5.74, 6) is -0.0239. The van der Waals surface area contributed by atoms with Crippen molar-refractivity contribution in [2.24, 2.45) is 10.2 Å². The van der Waals surface area contributed by atoms with Crippen LogP contribution >= 0.6 is 11.6 Å². The molecule has 0 atom stereocenters. The van der Waals surface area contributed by atoms with E-state index in [1.807, 2.05) is 0 Å². The largest absolute Gasteiger partial charge is 0.497 e. The lowest BCUT2D eigenvalue weighted by atomic mass is 10.2. The summed E-state index contributed by atoms with van der Waals surface area (Å²) in [4.78, 5) is 28.0. The predicted octanol–water partition coefficient (Wildman–Crippen LogP) is 4.91. The smallest absolute Gasteiger partial charge is 0.360 e. The average Bonchev–Trinajstić information content (AvgIpc) is 3.52. The Morgan fingerprint density at radius 2 is 1.83 bits per heavy atom. The third kappa shape index (κ3) is 6.89. The highest BCUT2D eigenvalue weighted by Gasteiger charge is 2.23. The first-order valence-electron chi connectivity index (χ1n) is 13.2. The number of thiol groups is 1. The molecule has 3 aromatic carbocycles. The monoisotopic (exact) mass is 607 g/mol. The van der Waals surface area contributed by atoms with E-state index in [1.165, 1.54) is 32.1 Å². The summed E-state index contributed by atoms with van der Waals surface area (Å²) >= 11 is 6.42. The van der Waals surface area contributed by atoms with Crippen molar-refractivity contribution in [3.63, 3.8) is 0 Å². The van der Waals surface area contributed by atoms with E-state index in [-0.39, 0.29) is 22.9 Å². The lowest BCUT2D eigenvalue weighted by Gasteiger charge is -2.21. The molecule has 0 spiro atoms. The summed E-state index contributed by atoms with van der Waals surface area (Å²) in [6.07, 6.45) is 2.36. The Balaban J connectivity index is 1.48. The van der Waals surface area contributed by atoms with E-state index in [0.29, 0.717) is 34.0 Å². The number of ether oxygens (including phenoxy) is 1. The number of nitrogens with one attached hydrogen (secondary N) is 1. The number of amides is 1. The van der Waals surface area contributed by atoms with Crippen molar-refractivity contribution in [1.29, 1.82) is 0 Å². The number of likely N-dealkylation sites (tertiary alicyclic amines) is 1. The predicted molar refractivity (Wildman–Crippen MR) is 162 cm³/mol. The molecule has 14 heteroatoms. The van der Waals surface area contributed by atoms with E-state index in [9.17, 15) is 13.2 Å². The van der Waals surface area contributed by atoms with Crippen LogP contribution in [0.5, 0.6) is 5.75 Å². The number of carbonyl (C=O) groups excluding carboxylic acids is 1. The summed E-state index contributed by atoms with van der Waals surface area (Å²) in [5, 5.41) is 11.1. The number of anilines is 4. The number of methoxy groups -OCH3 is 1. The molecule has 1 N–H and O–H groups in total. The molecule has 0 bridgehead atoms. The molecular formula is C28H28ClN8O4S+. The molecule has 0 unspecified atom stereocenters. The second-order valence-corrected chi connectivity index (χ2v) is 10.6. The fourth-order valence-corrected chi connectivity index (χ4v) is 5.28. The summed E-state index contributed by atoms with van der Waals surface area (Å²) in [6, 6.07) is 18.1. The maximum atomic E-state index is 12.8. The number of rotatable bonds is 10. The molecule has 0 aliphatic carbocycles. The van der Waals surface area contributed by atoms with Crippen LogP contribution in [0, 0.1) is 0 Å². The standard InChI is InChI=1S/C28H27ClN8O4S/c1-41-21-11-12-22(29)25(18-21)32-26-27(33-24-10-3-2-9-23(24)31-26)37(42(39)40)20-8-6-7-19(17-20)28(38)34-35-30-13-16-36-14-4-5-15-36/h2-3,6-12,17-18,42H,4-5,13-16H2,1H3/p+1. The second-order valence-electron chi connectivity index (χ2n) is 9.36. The van der Waals surface area contributed by atoms with Gasteiger partial charge in [-0.2, -0.15) is 0 Å². The minimum Gasteiger partial charge on any atom is -0.497 e. The van der Waals surface area contributed by atoms with Crippen LogP contribution in [0.3, 0.4) is 0 Å². The highest BCUT2D eigenvalue weighted by molar-refractivity contribution is 7.74. The van der Waals surface area contributed by atoms with E-state index in [0.717, 1.165) is 23.9 Å². The van der Waals surface area contributed by atoms with Gasteiger partial charge in [-0.15, -0.1) is 0 Å². The first-order chi connectivity index (χ1) is 20.4. The molecule has 42 heavy (non-hydrogen) atoms. The number of hydrogen-bond donors (Lipinski definition) is 2. The normalized spacial score (nSPS) is 13.1. The molecule has 2 heterocycles. The van der Waals surface area contributed by atoms with Crippen LogP contribution in [0.4, 0.5) is 23.0 Å². The number of halogens is 1. The molecule has 4 aromatic rings. The average molecular weight is 608 g/mol. The molecule has 0 saturated carbocycles. The first-order valence-corrected chi connectivity index (χ1v) is 14.7. The van der Waals surface area contributed by atoms with Crippen LogP contribution in [-0.4, -0.2) is 62.5 Å². The molecule has 12 nitrogen and oxygen atoms in total. The van der Waals surface area contributed by atoms with Gasteiger partial charge in [0, 0.05) is 12.6 Å². The van der Waals surface area contributed by atoms with Crippen molar-refractivity contribution < 1.29 is 17.9 Å². The fourth-order valence-electron chi connectivity index (χ4n) is 4.51. The number of nitrogens with zero attached hydrogens (tertiary/aromatic N) is 7. The summed E-state index contributed by atoms with van der Waals surface area (Å²) in [7, 11) is -1.76. The van der Waals surface area contributed by atoms with Gasteiger partial charge in [-0.3, -0.25) is 4.79 Å². The molecule has 216 valence electrons. The van der Waals surface area contributed by atoms with Crippen molar-refractivity contribution in [2.45, 2.75) is 12.8 Å². The molecular weight excluding hydrogens is 580 g/mol. The Morgan fingerprint density at radius 1 is 1.07 bits per heavy atom. The van der Waals surface area contributed by atoms with Crippen molar-refractivity contribution in [1.82, 2.24) is 19.8 Å². The highest BCUT2D eigenvalue weighted by Crippen LogP contribution is 2.36. The number of fused-ring (bicyclic) bond motifs is 1. The lowest BCUT2D eigenvalue weighted by molar-refractivity contribution is 0.0992. The fraction of sp³-hybridized carbons (Fsp3) is 0.250. The van der Waals surface area contributed by atoms with Gasteiger partial charge < -0.3 is 15.0 Å². The minimum absolute atomic E-state index is 0.0214. The first kappa shape index (κ1) is 29.1. The Morgan fingerprint density at radius 3 is 2.57 bits per heavy atom. The van der Waals surface area contributed by atoms with Gasteiger partial charge in [-0.1, -0.05) is 29.8 Å². The summed E-state index contributed by atoms with van der Waals surface area (Å²) in [6.45, 7) is 3.29. The van der Waals surface area contributed by atoms with Crippen LogP contribution in [-0.2, 0) is 10.9 Å². The Hall–Kier alpha value is -4.42. The Kier molecular flexibility index (Phi) is 9.35. The molecule has 5 rings (SSSR count). The second kappa shape index (κ2) is 13.5. The van der Waals surface area contributed by atoms with Gasteiger partial charge in [0.2, 0.25) is 20.9 Å². The molecule has 1 aliphatic rings. The van der Waals surface area contributed by atoms with Gasteiger partial charge in [0.1, 0.15) is 17.4 Å². The minimum atomic E-state index is -3.29. The number of benzene rings is 3. The highest BCUT2D eigenvalue weighted by atomic mass is 35.5. The number of carbonyl (C=O) groups is 1. The molecule has 0 radical (unpaired) electrons. The Bertz CT molecular complexity index is 1750. The maximum absolute atomic E-state index is 12.8. The van der Waals surface area contributed by atoms with E-state index < -0.39 is 16.8 Å². The van der Waals surface area contributed by atoms with Crippen LogP contribution in [0.2, 0.25) is 5.02 Å². The van der Waals surface area contributed by atoms with E-state index in [4.69, 9.17) is 16.3 Å². The van der Waals surface area contributed by atoms with Gasteiger partial charge in [0.15, 0.2) is 11.6 Å². The van der Waals surface area contributed by atoms with Crippen molar-refractivity contribution in [3.05, 3.63) is 77.3 Å². The zero-order valence-electron chi connectivity index (χ0n) is 22.7. The van der Waals surface area contributed by atoms with Gasteiger partial charge in [-0.25, -0.2) is 22.7 Å². The quantitative estimate of drug-likeness (QED) is 0.147. The molecule has 1 aromatic heterocycles. The third-order valence-electron chi connectivity index (χ3n) is 6.59. The molecule has 1 aliphatic heterocycles. The van der Waals surface area contributed by atoms with Crippen molar-refractivity contribution >= 4 is 62.4 Å². The van der Waals surface area contributed by atoms with Gasteiger partial charge >= 0.3 is 5.91 Å². The van der Waals surface area contributed by atoms with E-state index in [2.05, 4.69) is 35.3 Å². The van der Waals surface area contributed by atoms with Gasteiger partial charge in [0.25, 0.3) is 0 Å².